The lowest BCUT2D eigenvalue weighted by Gasteiger charge is -2.35. The van der Waals surface area contributed by atoms with E-state index >= 15 is 0 Å². The number of hydrogen-bond donors (Lipinski definition) is 1. The molecule has 5 heteroatoms. The molecular formula is C15H20ClNO3. The van der Waals surface area contributed by atoms with Gasteiger partial charge in [0.15, 0.2) is 6.10 Å². The first kappa shape index (κ1) is 15.1. The Morgan fingerprint density at radius 3 is 2.75 bits per heavy atom. The number of amides is 1. The Balaban J connectivity index is 1.86. The van der Waals surface area contributed by atoms with E-state index < -0.39 is 6.10 Å². The predicted octanol–water partition coefficient (Wildman–Crippen LogP) is 2.34. The minimum atomic E-state index is -0.579. The Bertz CT molecular complexity index is 474. The Labute approximate surface area is 124 Å². The molecule has 0 spiro atoms. The molecule has 0 aromatic heterocycles. The van der Waals surface area contributed by atoms with E-state index in [1.165, 1.54) is 0 Å². The third-order valence-corrected chi connectivity index (χ3v) is 3.92. The SMILES string of the molecule is CC(Oc1ccccc1Cl)C(=O)N(C)CC1CC(O)C1. The number of likely N-dealkylation sites (N-methyl/N-ethyl adjacent to an activating group) is 1. The summed E-state index contributed by atoms with van der Waals surface area (Å²) in [5.41, 5.74) is 0. The summed E-state index contributed by atoms with van der Waals surface area (Å²) < 4.78 is 5.61. The van der Waals surface area contributed by atoms with Crippen LogP contribution in [-0.4, -0.2) is 41.7 Å². The van der Waals surface area contributed by atoms with Crippen molar-refractivity contribution in [1.82, 2.24) is 4.90 Å². The second-order valence-electron chi connectivity index (χ2n) is 5.40. The fourth-order valence-corrected chi connectivity index (χ4v) is 2.60. The van der Waals surface area contributed by atoms with E-state index in [1.807, 2.05) is 12.1 Å². The van der Waals surface area contributed by atoms with Crippen molar-refractivity contribution in [3.8, 4) is 5.75 Å². The lowest BCUT2D eigenvalue weighted by molar-refractivity contribution is -0.138. The summed E-state index contributed by atoms with van der Waals surface area (Å²) in [6.07, 6.45) is 0.777. The highest BCUT2D eigenvalue weighted by Gasteiger charge is 2.30. The standard InChI is InChI=1S/C15H20ClNO3/c1-10(20-14-6-4-3-5-13(14)16)15(19)17(2)9-11-7-12(18)8-11/h3-6,10-12,18H,7-9H2,1-2H3. The average Bonchev–Trinajstić information content (AvgIpc) is 2.38. The maximum atomic E-state index is 12.2. The van der Waals surface area contributed by atoms with Crippen LogP contribution in [0.4, 0.5) is 0 Å². The van der Waals surface area contributed by atoms with Gasteiger partial charge in [-0.25, -0.2) is 0 Å². The summed E-state index contributed by atoms with van der Waals surface area (Å²) in [5, 5.41) is 9.76. The maximum Gasteiger partial charge on any atom is 0.263 e. The zero-order chi connectivity index (χ0) is 14.7. The van der Waals surface area contributed by atoms with Crippen molar-refractivity contribution in [3.63, 3.8) is 0 Å². The fraction of sp³-hybridized carbons (Fsp3) is 0.533. The molecule has 1 aliphatic rings. The molecule has 1 fully saturated rings. The van der Waals surface area contributed by atoms with Crippen LogP contribution in [0.5, 0.6) is 5.75 Å². The second-order valence-corrected chi connectivity index (χ2v) is 5.81. The average molecular weight is 298 g/mol. The highest BCUT2D eigenvalue weighted by atomic mass is 35.5. The number of halogens is 1. The number of benzene rings is 1. The first-order valence-corrected chi connectivity index (χ1v) is 7.19. The van der Waals surface area contributed by atoms with Gasteiger partial charge < -0.3 is 14.7 Å². The van der Waals surface area contributed by atoms with Crippen molar-refractivity contribution in [1.29, 1.82) is 0 Å². The first-order chi connectivity index (χ1) is 9.47. The second kappa shape index (κ2) is 6.46. The van der Waals surface area contributed by atoms with Crippen LogP contribution in [0, 0.1) is 5.92 Å². The summed E-state index contributed by atoms with van der Waals surface area (Å²) in [6, 6.07) is 7.11. The summed E-state index contributed by atoms with van der Waals surface area (Å²) in [5.74, 6) is 0.834. The Morgan fingerprint density at radius 1 is 1.50 bits per heavy atom. The highest BCUT2D eigenvalue weighted by molar-refractivity contribution is 6.32. The Morgan fingerprint density at radius 2 is 2.15 bits per heavy atom. The predicted molar refractivity (Wildman–Crippen MR) is 77.9 cm³/mol. The molecule has 0 saturated heterocycles. The molecular weight excluding hydrogens is 278 g/mol. The van der Waals surface area contributed by atoms with Crippen LogP contribution in [0.25, 0.3) is 0 Å². The van der Waals surface area contributed by atoms with E-state index in [0.717, 1.165) is 12.8 Å². The Kier molecular flexibility index (Phi) is 4.89. The van der Waals surface area contributed by atoms with E-state index in [1.54, 1.807) is 31.0 Å². The lowest BCUT2D eigenvalue weighted by atomic mass is 9.82. The molecule has 4 nitrogen and oxygen atoms in total. The van der Waals surface area contributed by atoms with Crippen molar-refractivity contribution in [2.45, 2.75) is 32.0 Å². The number of aliphatic hydroxyl groups excluding tert-OH is 1. The number of nitrogens with zero attached hydrogens (tertiary/aromatic N) is 1. The number of aliphatic hydroxyl groups is 1. The van der Waals surface area contributed by atoms with Crippen molar-refractivity contribution in [2.24, 2.45) is 5.92 Å². The van der Waals surface area contributed by atoms with Gasteiger partial charge in [-0.3, -0.25) is 4.79 Å². The molecule has 20 heavy (non-hydrogen) atoms. The number of hydrogen-bond acceptors (Lipinski definition) is 3. The molecule has 1 unspecified atom stereocenters. The molecule has 2 rings (SSSR count). The molecule has 0 heterocycles. The van der Waals surface area contributed by atoms with E-state index in [-0.39, 0.29) is 12.0 Å². The van der Waals surface area contributed by atoms with Gasteiger partial charge in [0.25, 0.3) is 5.91 Å². The molecule has 0 bridgehead atoms. The van der Waals surface area contributed by atoms with Gasteiger partial charge >= 0.3 is 0 Å². The van der Waals surface area contributed by atoms with Gasteiger partial charge in [0.1, 0.15) is 5.75 Å². The minimum Gasteiger partial charge on any atom is -0.479 e. The third-order valence-electron chi connectivity index (χ3n) is 3.61. The van der Waals surface area contributed by atoms with Crippen LogP contribution >= 0.6 is 11.6 Å². The Hall–Kier alpha value is -1.26. The molecule has 1 aromatic rings. The molecule has 110 valence electrons. The monoisotopic (exact) mass is 297 g/mol. The van der Waals surface area contributed by atoms with Crippen molar-refractivity contribution >= 4 is 17.5 Å². The van der Waals surface area contributed by atoms with Gasteiger partial charge in [0.2, 0.25) is 0 Å². The number of carbonyl (C=O) groups excluding carboxylic acids is 1. The van der Waals surface area contributed by atoms with Gasteiger partial charge in [-0.05, 0) is 37.8 Å². The highest BCUT2D eigenvalue weighted by Crippen LogP contribution is 2.28. The summed E-state index contributed by atoms with van der Waals surface area (Å²) in [4.78, 5) is 13.9. The molecule has 1 amide bonds. The van der Waals surface area contributed by atoms with Crippen molar-refractivity contribution < 1.29 is 14.6 Å². The van der Waals surface area contributed by atoms with E-state index in [9.17, 15) is 9.90 Å². The quantitative estimate of drug-likeness (QED) is 0.907. The lowest BCUT2D eigenvalue weighted by Crippen LogP contribution is -2.44. The van der Waals surface area contributed by atoms with Crippen LogP contribution in [-0.2, 0) is 4.79 Å². The molecule has 1 aliphatic carbocycles. The molecule has 1 N–H and O–H groups in total. The summed E-state index contributed by atoms with van der Waals surface area (Å²) >= 11 is 6.01. The zero-order valence-electron chi connectivity index (χ0n) is 11.8. The maximum absolute atomic E-state index is 12.2. The van der Waals surface area contributed by atoms with Gasteiger partial charge in [-0.2, -0.15) is 0 Å². The molecule has 1 saturated carbocycles. The summed E-state index contributed by atoms with van der Waals surface area (Å²) in [6.45, 7) is 2.38. The van der Waals surface area contributed by atoms with E-state index in [2.05, 4.69) is 0 Å². The number of ether oxygens (including phenoxy) is 1. The van der Waals surface area contributed by atoms with Gasteiger partial charge in [-0.15, -0.1) is 0 Å². The van der Waals surface area contributed by atoms with Gasteiger partial charge in [-0.1, -0.05) is 23.7 Å². The van der Waals surface area contributed by atoms with E-state index in [4.69, 9.17) is 16.3 Å². The third kappa shape index (κ3) is 3.64. The summed E-state index contributed by atoms with van der Waals surface area (Å²) in [7, 11) is 1.76. The number of rotatable bonds is 5. The van der Waals surface area contributed by atoms with Crippen LogP contribution in [0.2, 0.25) is 5.02 Å². The molecule has 0 aliphatic heterocycles. The molecule has 0 radical (unpaired) electrons. The number of para-hydroxylation sites is 1. The molecule has 1 atom stereocenters. The smallest absolute Gasteiger partial charge is 0.263 e. The zero-order valence-corrected chi connectivity index (χ0v) is 12.5. The van der Waals surface area contributed by atoms with Crippen LogP contribution in [0.1, 0.15) is 19.8 Å². The first-order valence-electron chi connectivity index (χ1n) is 6.81. The van der Waals surface area contributed by atoms with Crippen LogP contribution in [0.15, 0.2) is 24.3 Å². The van der Waals surface area contributed by atoms with E-state index in [0.29, 0.717) is 23.2 Å². The van der Waals surface area contributed by atoms with Crippen LogP contribution < -0.4 is 4.74 Å². The fourth-order valence-electron chi connectivity index (χ4n) is 2.42. The molecule has 1 aromatic carbocycles. The largest absolute Gasteiger partial charge is 0.479 e. The van der Waals surface area contributed by atoms with Crippen molar-refractivity contribution in [3.05, 3.63) is 29.3 Å². The van der Waals surface area contributed by atoms with Crippen LogP contribution in [0.3, 0.4) is 0 Å². The van der Waals surface area contributed by atoms with Gasteiger partial charge in [0, 0.05) is 13.6 Å². The number of carbonyl (C=O) groups is 1. The normalized spacial score (nSPS) is 22.8. The minimum absolute atomic E-state index is 0.0775. The topological polar surface area (TPSA) is 49.8 Å². The van der Waals surface area contributed by atoms with Gasteiger partial charge in [0.05, 0.1) is 11.1 Å². The van der Waals surface area contributed by atoms with Crippen molar-refractivity contribution in [2.75, 3.05) is 13.6 Å².